The average molecular weight is 547 g/mol. The highest BCUT2D eigenvalue weighted by Crippen LogP contribution is 2.52. The standard InChI is InChI=1S/C36H34O5/c1-5-9-23-13-17-25(18-14-23)29-21-27(11-7-3)35(33(39)31(29)37)41-36-28(12-8-4)22-30(32(38)34(36)40)26-19-15-24(10-6-2)16-20-26/h5-8,13-22,37-40H,1-4,9-12H2. The van der Waals surface area contributed by atoms with Gasteiger partial charge in [0.25, 0.3) is 0 Å². The van der Waals surface area contributed by atoms with E-state index in [0.29, 0.717) is 46.2 Å². The fraction of sp³-hybridized carbons (Fsp3) is 0.111. The van der Waals surface area contributed by atoms with Crippen molar-refractivity contribution in [3.8, 4) is 56.8 Å². The number of aromatic hydroxyl groups is 4. The molecule has 5 heteroatoms. The quantitative estimate of drug-likeness (QED) is 0.106. The zero-order valence-corrected chi connectivity index (χ0v) is 22.9. The molecular weight excluding hydrogens is 512 g/mol. The number of allylic oxidation sites excluding steroid dienone is 4. The van der Waals surface area contributed by atoms with Gasteiger partial charge in [0.05, 0.1) is 0 Å². The van der Waals surface area contributed by atoms with Crippen molar-refractivity contribution in [2.24, 2.45) is 0 Å². The first kappa shape index (κ1) is 28.8. The van der Waals surface area contributed by atoms with E-state index in [1.54, 1.807) is 24.3 Å². The number of phenols is 4. The molecule has 0 amide bonds. The fourth-order valence-electron chi connectivity index (χ4n) is 4.75. The Morgan fingerprint density at radius 2 is 0.829 bits per heavy atom. The predicted molar refractivity (Wildman–Crippen MR) is 166 cm³/mol. The zero-order valence-electron chi connectivity index (χ0n) is 22.9. The maximum Gasteiger partial charge on any atom is 0.202 e. The molecule has 0 aliphatic rings. The first-order valence-electron chi connectivity index (χ1n) is 13.3. The molecule has 0 fully saturated rings. The summed E-state index contributed by atoms with van der Waals surface area (Å²) in [6.45, 7) is 15.1. The van der Waals surface area contributed by atoms with E-state index in [1.165, 1.54) is 0 Å². The Labute approximate surface area is 241 Å². The van der Waals surface area contributed by atoms with E-state index in [9.17, 15) is 20.4 Å². The van der Waals surface area contributed by atoms with Crippen LogP contribution in [0.15, 0.2) is 111 Å². The summed E-state index contributed by atoms with van der Waals surface area (Å²) in [6, 6.07) is 18.6. The molecule has 0 saturated carbocycles. The Balaban J connectivity index is 1.81. The van der Waals surface area contributed by atoms with E-state index in [1.807, 2.05) is 60.7 Å². The molecule has 41 heavy (non-hydrogen) atoms. The summed E-state index contributed by atoms with van der Waals surface area (Å²) < 4.78 is 6.12. The summed E-state index contributed by atoms with van der Waals surface area (Å²) >= 11 is 0. The molecule has 4 N–H and O–H groups in total. The largest absolute Gasteiger partial charge is 0.504 e. The van der Waals surface area contributed by atoms with Crippen LogP contribution in [0.5, 0.6) is 34.5 Å². The van der Waals surface area contributed by atoms with E-state index in [0.717, 1.165) is 24.0 Å². The van der Waals surface area contributed by atoms with Gasteiger partial charge in [-0.05, 0) is 60.1 Å². The lowest BCUT2D eigenvalue weighted by molar-refractivity contribution is 0.348. The summed E-state index contributed by atoms with van der Waals surface area (Å²) in [5.74, 6) is -1.80. The van der Waals surface area contributed by atoms with Gasteiger partial charge < -0.3 is 25.2 Å². The molecule has 4 aromatic carbocycles. The lowest BCUT2D eigenvalue weighted by Gasteiger charge is -2.20. The van der Waals surface area contributed by atoms with Crippen LogP contribution in [0.3, 0.4) is 0 Å². The van der Waals surface area contributed by atoms with Crippen LogP contribution in [0.25, 0.3) is 22.3 Å². The predicted octanol–water partition coefficient (Wildman–Crippen LogP) is 8.55. The second kappa shape index (κ2) is 12.8. The van der Waals surface area contributed by atoms with Crippen molar-refractivity contribution in [3.63, 3.8) is 0 Å². The van der Waals surface area contributed by atoms with Crippen LogP contribution in [0.4, 0.5) is 0 Å². The smallest absolute Gasteiger partial charge is 0.202 e. The topological polar surface area (TPSA) is 90.2 Å². The third-order valence-electron chi connectivity index (χ3n) is 6.83. The van der Waals surface area contributed by atoms with Crippen molar-refractivity contribution in [2.45, 2.75) is 25.7 Å². The molecule has 0 unspecified atom stereocenters. The molecule has 0 radical (unpaired) electrons. The third kappa shape index (κ3) is 6.04. The molecule has 0 aromatic heterocycles. The highest BCUT2D eigenvalue weighted by molar-refractivity contribution is 5.80. The van der Waals surface area contributed by atoms with Gasteiger partial charge in [-0.1, -0.05) is 72.8 Å². The van der Waals surface area contributed by atoms with Gasteiger partial charge >= 0.3 is 0 Å². The van der Waals surface area contributed by atoms with Crippen LogP contribution < -0.4 is 4.74 Å². The molecule has 4 rings (SSSR count). The molecule has 0 bridgehead atoms. The number of phenolic OH excluding ortho intramolecular Hbond substituents is 4. The maximum atomic E-state index is 11.1. The lowest BCUT2D eigenvalue weighted by Crippen LogP contribution is -1.98. The van der Waals surface area contributed by atoms with Crippen molar-refractivity contribution in [1.29, 1.82) is 0 Å². The maximum absolute atomic E-state index is 11.1. The second-order valence-electron chi connectivity index (χ2n) is 9.69. The van der Waals surface area contributed by atoms with Crippen LogP contribution in [-0.2, 0) is 25.7 Å². The van der Waals surface area contributed by atoms with Crippen molar-refractivity contribution in [1.82, 2.24) is 0 Å². The van der Waals surface area contributed by atoms with Gasteiger partial charge in [-0.3, -0.25) is 0 Å². The Morgan fingerprint density at radius 1 is 0.488 bits per heavy atom. The van der Waals surface area contributed by atoms with Crippen molar-refractivity contribution < 1.29 is 25.2 Å². The Kier molecular flexibility index (Phi) is 9.00. The molecule has 0 aliphatic heterocycles. The summed E-state index contributed by atoms with van der Waals surface area (Å²) in [7, 11) is 0. The highest BCUT2D eigenvalue weighted by Gasteiger charge is 2.25. The molecule has 0 saturated heterocycles. The van der Waals surface area contributed by atoms with Crippen LogP contribution >= 0.6 is 0 Å². The molecule has 0 atom stereocenters. The number of hydrogen-bond acceptors (Lipinski definition) is 5. The first-order valence-corrected chi connectivity index (χ1v) is 13.3. The SMILES string of the molecule is C=CCc1ccc(-c2cc(CC=C)c(Oc3c(CC=C)cc(-c4ccc(CC=C)cc4)c(O)c3O)c(O)c2O)cc1. The van der Waals surface area contributed by atoms with Gasteiger partial charge in [0.2, 0.25) is 11.5 Å². The van der Waals surface area contributed by atoms with Gasteiger partial charge in [0, 0.05) is 22.3 Å². The number of ether oxygens (including phenoxy) is 1. The molecule has 5 nitrogen and oxygen atoms in total. The molecule has 208 valence electrons. The second-order valence-corrected chi connectivity index (χ2v) is 9.69. The van der Waals surface area contributed by atoms with Crippen molar-refractivity contribution >= 4 is 0 Å². The third-order valence-corrected chi connectivity index (χ3v) is 6.83. The van der Waals surface area contributed by atoms with Crippen molar-refractivity contribution in [3.05, 3.63) is 134 Å². The van der Waals surface area contributed by atoms with Gasteiger partial charge in [0.1, 0.15) is 0 Å². The molecule has 4 aromatic rings. The minimum Gasteiger partial charge on any atom is -0.504 e. The van der Waals surface area contributed by atoms with Crippen LogP contribution in [0, 0.1) is 0 Å². The fourth-order valence-corrected chi connectivity index (χ4v) is 4.75. The van der Waals surface area contributed by atoms with Gasteiger partial charge in [0.15, 0.2) is 23.0 Å². The molecular formula is C36H34O5. The highest BCUT2D eigenvalue weighted by atomic mass is 16.5. The summed E-state index contributed by atoms with van der Waals surface area (Å²) in [5, 5.41) is 44.3. The van der Waals surface area contributed by atoms with Gasteiger partial charge in [-0.15, -0.1) is 26.3 Å². The average Bonchev–Trinajstić information content (AvgIpc) is 2.97. The normalized spacial score (nSPS) is 10.6. The number of benzene rings is 4. The van der Waals surface area contributed by atoms with Crippen molar-refractivity contribution in [2.75, 3.05) is 0 Å². The number of hydrogen-bond donors (Lipinski definition) is 4. The van der Waals surface area contributed by atoms with Crippen LogP contribution in [0.2, 0.25) is 0 Å². The van der Waals surface area contributed by atoms with E-state index >= 15 is 0 Å². The van der Waals surface area contributed by atoms with Crippen LogP contribution in [-0.4, -0.2) is 20.4 Å². The molecule has 0 heterocycles. The number of rotatable bonds is 12. The zero-order chi connectivity index (χ0) is 29.5. The summed E-state index contributed by atoms with van der Waals surface area (Å²) in [4.78, 5) is 0. The monoisotopic (exact) mass is 546 g/mol. The van der Waals surface area contributed by atoms with E-state index < -0.39 is 11.5 Å². The summed E-state index contributed by atoms with van der Waals surface area (Å²) in [5.41, 5.74) is 5.46. The lowest BCUT2D eigenvalue weighted by atomic mass is 9.96. The van der Waals surface area contributed by atoms with E-state index in [2.05, 4.69) is 26.3 Å². The molecule has 0 spiro atoms. The molecule has 0 aliphatic carbocycles. The summed E-state index contributed by atoms with van der Waals surface area (Å²) in [6.07, 6.45) is 8.98. The van der Waals surface area contributed by atoms with Crippen LogP contribution in [0.1, 0.15) is 22.3 Å². The Hall–Kier alpha value is -5.16. The minimum atomic E-state index is -0.486. The van der Waals surface area contributed by atoms with E-state index in [4.69, 9.17) is 4.74 Å². The van der Waals surface area contributed by atoms with E-state index in [-0.39, 0.29) is 23.0 Å². The minimum absolute atomic E-state index is 0.0454. The Morgan fingerprint density at radius 3 is 1.15 bits per heavy atom. The van der Waals surface area contributed by atoms with Gasteiger partial charge in [-0.25, -0.2) is 0 Å². The first-order chi connectivity index (χ1) is 19.8. The Bertz CT molecular complexity index is 1470. The van der Waals surface area contributed by atoms with Gasteiger partial charge in [-0.2, -0.15) is 0 Å².